The molecule has 0 spiro atoms. The number of aliphatic hydroxyl groups is 1. The fourth-order valence-electron chi connectivity index (χ4n) is 3.47. The van der Waals surface area contributed by atoms with E-state index in [9.17, 15) is 20.0 Å². The van der Waals surface area contributed by atoms with Gasteiger partial charge in [-0.3, -0.25) is 20.2 Å². The number of nitro benzene ring substituents is 1. The first-order valence-corrected chi connectivity index (χ1v) is 10.4. The quantitative estimate of drug-likeness (QED) is 0.275. The fraction of sp³-hybridized carbons (Fsp3) is 0.240. The second-order valence-corrected chi connectivity index (χ2v) is 7.44. The zero-order chi connectivity index (χ0) is 23.8. The highest BCUT2D eigenvalue weighted by Crippen LogP contribution is 2.30. The van der Waals surface area contributed by atoms with Crippen LogP contribution in [0.3, 0.4) is 0 Å². The molecule has 0 unspecified atom stereocenters. The summed E-state index contributed by atoms with van der Waals surface area (Å²) < 4.78 is 10.4. The van der Waals surface area contributed by atoms with Gasteiger partial charge in [-0.15, -0.1) is 0 Å². The lowest BCUT2D eigenvalue weighted by Crippen LogP contribution is -2.40. The molecule has 0 aromatic heterocycles. The van der Waals surface area contributed by atoms with Gasteiger partial charge in [-0.1, -0.05) is 54.6 Å². The first-order valence-electron chi connectivity index (χ1n) is 10.4. The number of aliphatic hydroxyl groups excluding tert-OH is 1. The Morgan fingerprint density at radius 1 is 1.12 bits per heavy atom. The monoisotopic (exact) mass is 450 g/mol. The lowest BCUT2D eigenvalue weighted by molar-refractivity contribution is -0.386. The molecule has 0 aliphatic carbocycles. The first kappa shape index (κ1) is 23.9. The predicted octanol–water partition coefficient (Wildman–Crippen LogP) is 3.77. The summed E-state index contributed by atoms with van der Waals surface area (Å²) in [4.78, 5) is 22.7. The zero-order valence-electron chi connectivity index (χ0n) is 18.5. The molecule has 33 heavy (non-hydrogen) atoms. The van der Waals surface area contributed by atoms with Crippen molar-refractivity contribution in [2.45, 2.75) is 26.1 Å². The van der Waals surface area contributed by atoms with E-state index >= 15 is 0 Å². The lowest BCUT2D eigenvalue weighted by atomic mass is 9.97. The molecule has 0 saturated heterocycles. The molecule has 0 heterocycles. The Kier molecular flexibility index (Phi) is 8.12. The van der Waals surface area contributed by atoms with Crippen molar-refractivity contribution in [3.8, 4) is 16.9 Å². The van der Waals surface area contributed by atoms with Crippen LogP contribution < -0.4 is 10.1 Å². The molecule has 172 valence electrons. The summed E-state index contributed by atoms with van der Waals surface area (Å²) in [5, 5.41) is 23.7. The van der Waals surface area contributed by atoms with Gasteiger partial charge in [0.05, 0.1) is 18.6 Å². The molecule has 1 atom stereocenters. The van der Waals surface area contributed by atoms with Crippen LogP contribution in [-0.2, 0) is 22.7 Å². The minimum Gasteiger partial charge on any atom is -0.482 e. The number of nitro groups is 1. The van der Waals surface area contributed by atoms with Crippen LogP contribution in [-0.4, -0.2) is 35.8 Å². The van der Waals surface area contributed by atoms with Crippen molar-refractivity contribution >= 4 is 11.7 Å². The zero-order valence-corrected chi connectivity index (χ0v) is 18.5. The van der Waals surface area contributed by atoms with Crippen molar-refractivity contribution in [3.63, 3.8) is 0 Å². The van der Waals surface area contributed by atoms with Gasteiger partial charge in [0.15, 0.2) is 5.75 Å². The molecule has 3 aromatic carbocycles. The van der Waals surface area contributed by atoms with Crippen molar-refractivity contribution < 1.29 is 24.3 Å². The molecule has 0 saturated carbocycles. The summed E-state index contributed by atoms with van der Waals surface area (Å²) >= 11 is 0. The maximum absolute atomic E-state index is 11.6. The van der Waals surface area contributed by atoms with E-state index in [4.69, 9.17) is 4.74 Å². The second-order valence-electron chi connectivity index (χ2n) is 7.44. The summed E-state index contributed by atoms with van der Waals surface area (Å²) in [6.07, 6.45) is 0. The molecule has 3 aromatic rings. The second kappa shape index (κ2) is 11.2. The van der Waals surface area contributed by atoms with E-state index in [1.807, 2.05) is 55.5 Å². The van der Waals surface area contributed by atoms with E-state index in [1.54, 1.807) is 6.07 Å². The number of benzene rings is 3. The van der Waals surface area contributed by atoms with E-state index in [-0.39, 0.29) is 24.6 Å². The van der Waals surface area contributed by atoms with Gasteiger partial charge in [-0.05, 0) is 40.8 Å². The van der Waals surface area contributed by atoms with Crippen LogP contribution in [0.1, 0.15) is 16.7 Å². The van der Waals surface area contributed by atoms with Gasteiger partial charge in [0, 0.05) is 12.6 Å². The van der Waals surface area contributed by atoms with Crippen LogP contribution in [0.25, 0.3) is 11.1 Å². The molecule has 0 amide bonds. The highest BCUT2D eigenvalue weighted by atomic mass is 16.6. The standard InChI is InChI=1S/C25H26N2O6/c1-17-20(9-6-10-21(17)19-7-4-3-5-8-19)16-33-24-12-11-18(13-23(24)27(30)31)14-26-22(15-28)25(29)32-2/h3-13,22,26,28H,14-16H2,1-2H3/t22-/m0/s1. The van der Waals surface area contributed by atoms with Gasteiger partial charge < -0.3 is 14.6 Å². The van der Waals surface area contributed by atoms with Crippen molar-refractivity contribution in [1.82, 2.24) is 5.32 Å². The summed E-state index contributed by atoms with van der Waals surface area (Å²) in [6.45, 7) is 1.87. The SMILES string of the molecule is COC(=O)[C@H](CO)NCc1ccc(OCc2cccc(-c3ccccc3)c2C)c([N+](=O)[O-])c1. The molecule has 8 nitrogen and oxygen atoms in total. The van der Waals surface area contributed by atoms with Crippen molar-refractivity contribution in [2.75, 3.05) is 13.7 Å². The highest BCUT2D eigenvalue weighted by molar-refractivity contribution is 5.75. The summed E-state index contributed by atoms with van der Waals surface area (Å²) in [6, 6.07) is 19.6. The molecule has 0 bridgehead atoms. The Labute approximate surface area is 191 Å². The topological polar surface area (TPSA) is 111 Å². The number of carbonyl (C=O) groups is 1. The smallest absolute Gasteiger partial charge is 0.325 e. The number of hydrogen-bond acceptors (Lipinski definition) is 7. The third-order valence-electron chi connectivity index (χ3n) is 5.35. The van der Waals surface area contributed by atoms with Crippen LogP contribution in [0, 0.1) is 17.0 Å². The Bertz CT molecular complexity index is 1120. The molecular formula is C25H26N2O6. The number of rotatable bonds is 10. The minimum absolute atomic E-state index is 0.139. The van der Waals surface area contributed by atoms with Crippen LogP contribution in [0.5, 0.6) is 5.75 Å². The van der Waals surface area contributed by atoms with E-state index < -0.39 is 23.5 Å². The van der Waals surface area contributed by atoms with Crippen molar-refractivity contribution in [2.24, 2.45) is 0 Å². The van der Waals surface area contributed by atoms with Crippen LogP contribution in [0.15, 0.2) is 66.7 Å². The van der Waals surface area contributed by atoms with Crippen LogP contribution in [0.2, 0.25) is 0 Å². The lowest BCUT2D eigenvalue weighted by Gasteiger charge is -2.15. The molecular weight excluding hydrogens is 424 g/mol. The predicted molar refractivity (Wildman–Crippen MR) is 124 cm³/mol. The third-order valence-corrected chi connectivity index (χ3v) is 5.35. The van der Waals surface area contributed by atoms with Gasteiger partial charge in [-0.25, -0.2) is 0 Å². The number of nitrogens with one attached hydrogen (secondary N) is 1. The average molecular weight is 450 g/mol. The molecule has 8 heteroatoms. The molecule has 0 radical (unpaired) electrons. The maximum atomic E-state index is 11.6. The van der Waals surface area contributed by atoms with Gasteiger partial charge in [0.1, 0.15) is 12.6 Å². The number of nitrogens with zero attached hydrogens (tertiary/aromatic N) is 1. The number of esters is 1. The Morgan fingerprint density at radius 2 is 1.88 bits per heavy atom. The van der Waals surface area contributed by atoms with Crippen LogP contribution in [0.4, 0.5) is 5.69 Å². The fourth-order valence-corrected chi connectivity index (χ4v) is 3.47. The molecule has 3 rings (SSSR count). The highest BCUT2D eigenvalue weighted by Gasteiger charge is 2.20. The van der Waals surface area contributed by atoms with Gasteiger partial charge in [0.25, 0.3) is 0 Å². The first-order chi connectivity index (χ1) is 15.9. The molecule has 0 aliphatic heterocycles. The average Bonchev–Trinajstić information content (AvgIpc) is 2.84. The van der Waals surface area contributed by atoms with Gasteiger partial charge in [-0.2, -0.15) is 0 Å². The normalized spacial score (nSPS) is 11.6. The molecule has 0 aliphatic rings. The maximum Gasteiger partial charge on any atom is 0.325 e. The summed E-state index contributed by atoms with van der Waals surface area (Å²) in [5.41, 5.74) is 4.54. The number of hydrogen-bond donors (Lipinski definition) is 2. The summed E-state index contributed by atoms with van der Waals surface area (Å²) in [7, 11) is 1.22. The van der Waals surface area contributed by atoms with Gasteiger partial charge >= 0.3 is 11.7 Å². The van der Waals surface area contributed by atoms with E-state index in [2.05, 4.69) is 10.1 Å². The Morgan fingerprint density at radius 3 is 2.55 bits per heavy atom. The summed E-state index contributed by atoms with van der Waals surface area (Å²) in [5.74, 6) is -0.458. The van der Waals surface area contributed by atoms with E-state index in [0.29, 0.717) is 5.56 Å². The minimum atomic E-state index is -0.912. The van der Waals surface area contributed by atoms with E-state index in [0.717, 1.165) is 22.3 Å². The van der Waals surface area contributed by atoms with Crippen LogP contribution >= 0.6 is 0 Å². The van der Waals surface area contributed by atoms with Crippen molar-refractivity contribution in [1.29, 1.82) is 0 Å². The number of methoxy groups -OCH3 is 1. The Hall–Kier alpha value is -3.75. The number of carbonyl (C=O) groups excluding carboxylic acids is 1. The largest absolute Gasteiger partial charge is 0.482 e. The molecule has 2 N–H and O–H groups in total. The number of ether oxygens (including phenoxy) is 2. The molecule has 0 fully saturated rings. The van der Waals surface area contributed by atoms with Gasteiger partial charge in [0.2, 0.25) is 0 Å². The third kappa shape index (κ3) is 5.94. The Balaban J connectivity index is 1.75. The van der Waals surface area contributed by atoms with Crippen molar-refractivity contribution in [3.05, 3.63) is 93.5 Å². The van der Waals surface area contributed by atoms with E-state index in [1.165, 1.54) is 19.2 Å².